The number of aliphatic hydroxyl groups is 6. The number of hydrogen-bond donors (Lipinski definition) is 8. The molecule has 0 aromatic heterocycles. The Labute approximate surface area is 107 Å². The molecule has 0 aromatic rings. The molecule has 0 rings (SSSR count). The van der Waals surface area contributed by atoms with Gasteiger partial charge in [-0.1, -0.05) is 0 Å². The van der Waals surface area contributed by atoms with E-state index in [-0.39, 0.29) is 0 Å². The Bertz CT molecular complexity index is 79.1. The van der Waals surface area contributed by atoms with Gasteiger partial charge in [-0.05, 0) is 0 Å². The Morgan fingerprint density at radius 1 is 0.500 bits per heavy atom. The summed E-state index contributed by atoms with van der Waals surface area (Å²) in [5.74, 6) is 0. The van der Waals surface area contributed by atoms with Gasteiger partial charge in [-0.2, -0.15) is 0 Å². The maximum atomic E-state index is 8.35. The molecule has 8 N–H and O–H groups in total. The Kier molecular flexibility index (Phi) is 36900. The van der Waals surface area contributed by atoms with Crippen molar-refractivity contribution in [3.63, 3.8) is 0 Å². The van der Waals surface area contributed by atoms with Crippen LogP contribution < -0.4 is 0 Å². The predicted molar refractivity (Wildman–Crippen MR) is 65.7 cm³/mol. The molecule has 0 heterocycles. The first-order chi connectivity index (χ1) is 8.83. The second-order valence-corrected chi connectivity index (χ2v) is 0.204. The fraction of sp³-hybridized carbons (Fsp3) is 0.750. The molecular formula is C8H26N2O8. The van der Waals surface area contributed by atoms with Crippen molar-refractivity contribution in [3.8, 4) is 0 Å². The topological polar surface area (TPSA) is 203 Å². The fourth-order valence-electron chi connectivity index (χ4n) is 0. The van der Waals surface area contributed by atoms with Crippen LogP contribution in [0.2, 0.25) is 0 Å². The standard InChI is InChI=1S/2CHNO.6CH4O/c2*2-1-3;6*1-2/h2*2H;6*2H,1H3. The van der Waals surface area contributed by atoms with Gasteiger partial charge in [-0.15, -0.1) is 0 Å². The van der Waals surface area contributed by atoms with E-state index in [2.05, 4.69) is 0 Å². The number of isocyanates is 2. The number of rotatable bonds is 0. The van der Waals surface area contributed by atoms with Gasteiger partial charge in [0.2, 0.25) is 12.2 Å². The first kappa shape index (κ1) is 54.8. The maximum Gasteiger partial charge on any atom is 0.231 e. The van der Waals surface area contributed by atoms with Crippen LogP contribution in [0.1, 0.15) is 0 Å². The van der Waals surface area contributed by atoms with Gasteiger partial charge in [-0.25, -0.2) is 20.4 Å². The van der Waals surface area contributed by atoms with Gasteiger partial charge >= 0.3 is 0 Å². The van der Waals surface area contributed by atoms with Crippen molar-refractivity contribution in [2.45, 2.75) is 0 Å². The molecule has 0 saturated heterocycles. The van der Waals surface area contributed by atoms with Gasteiger partial charge in [0.1, 0.15) is 0 Å². The van der Waals surface area contributed by atoms with E-state index in [4.69, 9.17) is 51.0 Å². The average Bonchev–Trinajstić information content (AvgIpc) is 2.52. The van der Waals surface area contributed by atoms with E-state index in [0.29, 0.717) is 0 Å². The van der Waals surface area contributed by atoms with Crippen molar-refractivity contribution < 1.29 is 40.2 Å². The second-order valence-electron chi connectivity index (χ2n) is 0.204. The van der Waals surface area contributed by atoms with Gasteiger partial charge in [0.25, 0.3) is 0 Å². The molecule has 0 aromatic carbocycles. The predicted octanol–water partition coefficient (Wildman–Crippen LogP) is -2.55. The van der Waals surface area contributed by atoms with Crippen LogP contribution in [0.5, 0.6) is 0 Å². The van der Waals surface area contributed by atoms with Crippen LogP contribution in [-0.2, 0) is 9.59 Å². The lowest BCUT2D eigenvalue weighted by atomic mass is 11.7. The minimum atomic E-state index is 0.750. The molecule has 10 nitrogen and oxygen atoms in total. The SMILES string of the molecule is CO.CO.CO.CO.CO.CO.N=C=O.N=C=O. The van der Waals surface area contributed by atoms with E-state index >= 15 is 0 Å². The van der Waals surface area contributed by atoms with Crippen LogP contribution in [0.4, 0.5) is 0 Å². The molecular weight excluding hydrogens is 252 g/mol. The Hall–Kier alpha value is -1.48. The first-order valence-corrected chi connectivity index (χ1v) is 3.59. The fourth-order valence-corrected chi connectivity index (χ4v) is 0. The Morgan fingerprint density at radius 3 is 0.500 bits per heavy atom. The van der Waals surface area contributed by atoms with Crippen molar-refractivity contribution in [1.82, 2.24) is 0 Å². The minimum absolute atomic E-state index is 0.750. The molecule has 0 spiro atoms. The van der Waals surface area contributed by atoms with E-state index in [9.17, 15) is 0 Å². The zero-order valence-electron chi connectivity index (χ0n) is 11.5. The smallest absolute Gasteiger partial charge is 0.231 e. The van der Waals surface area contributed by atoms with Gasteiger partial charge in [0, 0.05) is 42.7 Å². The lowest BCUT2D eigenvalue weighted by molar-refractivity contribution is 0.399. The minimum Gasteiger partial charge on any atom is -0.400 e. The molecule has 10 heteroatoms. The van der Waals surface area contributed by atoms with Crippen LogP contribution in [0.15, 0.2) is 0 Å². The van der Waals surface area contributed by atoms with Crippen molar-refractivity contribution in [2.24, 2.45) is 0 Å². The third-order valence-corrected chi connectivity index (χ3v) is 0. The summed E-state index contributed by atoms with van der Waals surface area (Å²) in [7, 11) is 6.00. The van der Waals surface area contributed by atoms with Crippen LogP contribution in [0.25, 0.3) is 0 Å². The summed E-state index contributed by atoms with van der Waals surface area (Å²) < 4.78 is 0. The molecule has 116 valence electrons. The molecule has 0 aliphatic carbocycles. The van der Waals surface area contributed by atoms with E-state index in [0.717, 1.165) is 54.8 Å². The van der Waals surface area contributed by atoms with Gasteiger partial charge < -0.3 is 30.6 Å². The molecule has 0 fully saturated rings. The normalized spacial score (nSPS) is 2.89. The summed E-state index contributed by atoms with van der Waals surface area (Å²) in [6, 6.07) is 0. The molecule has 0 aliphatic rings. The maximum absolute atomic E-state index is 8.35. The van der Waals surface area contributed by atoms with Crippen molar-refractivity contribution in [1.29, 1.82) is 10.8 Å². The van der Waals surface area contributed by atoms with Crippen LogP contribution in [-0.4, -0.2) is 85.5 Å². The number of nitrogens with one attached hydrogen (secondary N) is 2. The monoisotopic (exact) mass is 278 g/mol. The Balaban J connectivity index is -0.0000000107. The molecule has 0 atom stereocenters. The quantitative estimate of drug-likeness (QED) is 0.174. The third-order valence-electron chi connectivity index (χ3n) is 0. The summed E-state index contributed by atoms with van der Waals surface area (Å²) in [5.41, 5.74) is 0. The molecule has 18 heavy (non-hydrogen) atoms. The second kappa shape index (κ2) is 12100. The van der Waals surface area contributed by atoms with Crippen molar-refractivity contribution >= 4 is 12.2 Å². The summed E-state index contributed by atoms with van der Waals surface area (Å²) in [6.07, 6.45) is 1.50. The first-order valence-electron chi connectivity index (χ1n) is 3.59. The highest BCUT2D eigenvalue weighted by Crippen LogP contribution is 0.871. The third kappa shape index (κ3) is 1210. The highest BCUT2D eigenvalue weighted by molar-refractivity contribution is 5.26. The lowest BCUT2D eigenvalue weighted by Gasteiger charge is -1.21. The van der Waals surface area contributed by atoms with Crippen LogP contribution in [0, 0.1) is 10.8 Å². The van der Waals surface area contributed by atoms with E-state index in [1.165, 1.54) is 0 Å². The zero-order valence-corrected chi connectivity index (χ0v) is 11.5. The summed E-state index contributed by atoms with van der Waals surface area (Å²) in [4.78, 5) is 16.7. The summed E-state index contributed by atoms with van der Waals surface area (Å²) in [5, 5.41) is 52.8. The molecule has 0 radical (unpaired) electrons. The molecule has 0 saturated carbocycles. The van der Waals surface area contributed by atoms with Crippen LogP contribution in [0.3, 0.4) is 0 Å². The number of hydrogen-bond acceptors (Lipinski definition) is 10. The summed E-state index contributed by atoms with van der Waals surface area (Å²) >= 11 is 0. The van der Waals surface area contributed by atoms with Gasteiger partial charge in [-0.3, -0.25) is 0 Å². The van der Waals surface area contributed by atoms with Crippen molar-refractivity contribution in [3.05, 3.63) is 0 Å². The van der Waals surface area contributed by atoms with E-state index in [1.807, 2.05) is 0 Å². The highest BCUT2D eigenvalue weighted by Gasteiger charge is 1.04. The molecule has 0 amide bonds. The van der Waals surface area contributed by atoms with Gasteiger partial charge in [0.15, 0.2) is 0 Å². The van der Waals surface area contributed by atoms with Crippen LogP contribution >= 0.6 is 0 Å². The van der Waals surface area contributed by atoms with Gasteiger partial charge in [0.05, 0.1) is 0 Å². The lowest BCUT2D eigenvalue weighted by Crippen LogP contribution is -1.25. The molecule has 0 unspecified atom stereocenters. The Morgan fingerprint density at radius 2 is 0.500 bits per heavy atom. The summed E-state index contributed by atoms with van der Waals surface area (Å²) in [6.45, 7) is 0. The zero-order chi connectivity index (χ0) is 17.4. The van der Waals surface area contributed by atoms with Crippen molar-refractivity contribution in [2.75, 3.05) is 42.7 Å². The number of carbonyl (C=O) groups excluding carboxylic acids is 2. The molecule has 0 aliphatic heterocycles. The van der Waals surface area contributed by atoms with E-state index < -0.39 is 0 Å². The molecule has 0 bridgehead atoms. The van der Waals surface area contributed by atoms with E-state index in [1.54, 1.807) is 0 Å². The largest absolute Gasteiger partial charge is 0.400 e. The average molecular weight is 278 g/mol. The number of aliphatic hydroxyl groups excluding tert-OH is 6. The highest BCUT2D eigenvalue weighted by atomic mass is 16.2.